The molecule has 0 aliphatic heterocycles. The van der Waals surface area contributed by atoms with Crippen molar-refractivity contribution in [3.8, 4) is 0 Å². The highest BCUT2D eigenvalue weighted by Gasteiger charge is 1.75. The molecule has 0 bridgehead atoms. The van der Waals surface area contributed by atoms with Gasteiger partial charge in [-0.2, -0.15) is 0 Å². The standard InChI is InChI=1S/C2H6BF/c1-2(3)4/h2H,3H2,1H3. The zero-order valence-corrected chi connectivity index (χ0v) is 2.96. The number of hydrogen-bond donors (Lipinski definition) is 0. The van der Waals surface area contributed by atoms with Gasteiger partial charge < -0.3 is 0 Å². The third kappa shape index (κ3) is 77000. The van der Waals surface area contributed by atoms with Gasteiger partial charge in [0.15, 0.2) is 0 Å². The molecule has 0 N–H and O–H groups in total. The van der Waals surface area contributed by atoms with Gasteiger partial charge in [0.1, 0.15) is 7.85 Å². The average Bonchev–Trinajstić information content (AvgIpc) is 0.811. The second-order valence-electron chi connectivity index (χ2n) is 1.01. The topological polar surface area (TPSA) is 0 Å². The maximum atomic E-state index is 11.0. The number of halogens is 1. The van der Waals surface area contributed by atoms with Crippen LogP contribution in [0, 0.1) is 0 Å². The normalized spacial score (nSPS) is 15.5. The molecule has 0 rings (SSSR count). The van der Waals surface area contributed by atoms with Crippen LogP contribution in [0.15, 0.2) is 0 Å². The minimum Gasteiger partial charge on any atom is -0.258 e. The van der Waals surface area contributed by atoms with Gasteiger partial charge in [0.05, 0.1) is 6.07 Å². The summed E-state index contributed by atoms with van der Waals surface area (Å²) >= 11 is 0. The van der Waals surface area contributed by atoms with Gasteiger partial charge in [0.25, 0.3) is 0 Å². The van der Waals surface area contributed by atoms with Crippen LogP contribution in [-0.2, 0) is 0 Å². The zero-order valence-electron chi connectivity index (χ0n) is 2.96. The highest BCUT2D eigenvalue weighted by atomic mass is 19.1. The van der Waals surface area contributed by atoms with Crippen molar-refractivity contribution >= 4 is 7.85 Å². The molecule has 0 nitrogen and oxygen atoms in total. The SMILES string of the molecule is BC(C)F. The summed E-state index contributed by atoms with van der Waals surface area (Å²) in [5.74, 6) is 0. The van der Waals surface area contributed by atoms with Crippen LogP contribution in [0.1, 0.15) is 6.92 Å². The lowest BCUT2D eigenvalue weighted by molar-refractivity contribution is 0.474. The molecule has 0 amide bonds. The first-order chi connectivity index (χ1) is 1.73. The van der Waals surface area contributed by atoms with E-state index >= 15 is 0 Å². The Bertz CT molecular complexity index is 10.8. The summed E-state index contributed by atoms with van der Waals surface area (Å²) in [5, 5.41) is 0. The first-order valence-electron chi connectivity index (χ1n) is 1.37. The van der Waals surface area contributed by atoms with E-state index in [1.54, 1.807) is 0 Å². The van der Waals surface area contributed by atoms with E-state index in [0.717, 1.165) is 0 Å². The molecule has 0 aromatic rings. The van der Waals surface area contributed by atoms with Crippen LogP contribution in [0.25, 0.3) is 0 Å². The maximum absolute atomic E-state index is 11.0. The lowest BCUT2D eigenvalue weighted by Gasteiger charge is -1.73. The summed E-state index contributed by atoms with van der Waals surface area (Å²) in [4.78, 5) is 0. The molecule has 0 aromatic carbocycles. The lowest BCUT2D eigenvalue weighted by atomic mass is 10.1. The van der Waals surface area contributed by atoms with Crippen LogP contribution >= 0.6 is 0 Å². The Labute approximate surface area is 26.4 Å². The molecule has 0 saturated carbocycles. The quantitative estimate of drug-likeness (QED) is 0.343. The molecule has 0 fully saturated rings. The molecule has 1 atom stereocenters. The van der Waals surface area contributed by atoms with Gasteiger partial charge in [0.2, 0.25) is 0 Å². The van der Waals surface area contributed by atoms with Crippen LogP contribution in [0.2, 0.25) is 0 Å². The molecule has 0 radical (unpaired) electrons. The summed E-state index contributed by atoms with van der Waals surface area (Å²) in [6.07, 6.45) is -0.667. The van der Waals surface area contributed by atoms with Gasteiger partial charge in [0, 0.05) is 0 Å². The van der Waals surface area contributed by atoms with Gasteiger partial charge in [-0.25, -0.2) is 0 Å². The van der Waals surface area contributed by atoms with Crippen molar-refractivity contribution < 1.29 is 4.39 Å². The van der Waals surface area contributed by atoms with Crippen molar-refractivity contribution in [3.63, 3.8) is 0 Å². The van der Waals surface area contributed by atoms with Crippen LogP contribution < -0.4 is 0 Å². The van der Waals surface area contributed by atoms with Gasteiger partial charge in [-0.15, -0.1) is 0 Å². The van der Waals surface area contributed by atoms with Gasteiger partial charge in [-0.3, -0.25) is 4.39 Å². The zero-order chi connectivity index (χ0) is 3.58. The van der Waals surface area contributed by atoms with Gasteiger partial charge >= 0.3 is 0 Å². The Morgan fingerprint density at radius 3 is 2.00 bits per heavy atom. The summed E-state index contributed by atoms with van der Waals surface area (Å²) in [7, 11) is 1.50. The first kappa shape index (κ1) is 3.99. The third-order valence-electron chi connectivity index (χ3n) is 0. The van der Waals surface area contributed by atoms with Crippen LogP contribution in [-0.4, -0.2) is 13.9 Å². The lowest BCUT2D eigenvalue weighted by Crippen LogP contribution is -1.84. The molecule has 2 heteroatoms. The molecule has 0 heterocycles. The number of rotatable bonds is 0. The molecule has 0 spiro atoms. The second kappa shape index (κ2) is 1.33. The fourth-order valence-corrected chi connectivity index (χ4v) is 0. The predicted octanol–water partition coefficient (Wildman–Crippen LogP) is -0.0650. The predicted molar refractivity (Wildman–Crippen MR) is 19.1 cm³/mol. The summed E-state index contributed by atoms with van der Waals surface area (Å²) in [5.41, 5.74) is 0. The highest BCUT2D eigenvalue weighted by Crippen LogP contribution is 1.70. The molecule has 0 saturated heterocycles. The maximum Gasteiger partial charge on any atom is 0.145 e. The fraction of sp³-hybridized carbons (Fsp3) is 1.00. The molecule has 4 heavy (non-hydrogen) atoms. The van der Waals surface area contributed by atoms with Crippen LogP contribution in [0.5, 0.6) is 0 Å². The Morgan fingerprint density at radius 2 is 2.00 bits per heavy atom. The van der Waals surface area contributed by atoms with E-state index in [-0.39, 0.29) is 0 Å². The van der Waals surface area contributed by atoms with Crippen molar-refractivity contribution in [1.29, 1.82) is 0 Å². The highest BCUT2D eigenvalue weighted by molar-refractivity contribution is 6.10. The van der Waals surface area contributed by atoms with Gasteiger partial charge in [-0.05, 0) is 6.92 Å². The Hall–Kier alpha value is -0.00506. The van der Waals surface area contributed by atoms with E-state index in [1.807, 2.05) is 0 Å². The molecule has 24 valence electrons. The van der Waals surface area contributed by atoms with Crippen molar-refractivity contribution in [1.82, 2.24) is 0 Å². The summed E-state index contributed by atoms with van der Waals surface area (Å²) < 4.78 is 11.0. The molecular weight excluding hydrogens is 53.8 g/mol. The molecular formula is C2H6BF. The van der Waals surface area contributed by atoms with Crippen molar-refractivity contribution in [2.45, 2.75) is 13.0 Å². The van der Waals surface area contributed by atoms with E-state index in [0.29, 0.717) is 0 Å². The van der Waals surface area contributed by atoms with Gasteiger partial charge in [-0.1, -0.05) is 0 Å². The van der Waals surface area contributed by atoms with E-state index in [4.69, 9.17) is 0 Å². The largest absolute Gasteiger partial charge is 0.258 e. The van der Waals surface area contributed by atoms with E-state index < -0.39 is 6.07 Å². The van der Waals surface area contributed by atoms with Crippen LogP contribution in [0.3, 0.4) is 0 Å². The molecule has 0 aromatic heterocycles. The molecule has 0 aliphatic carbocycles. The number of hydrogen-bond acceptors (Lipinski definition) is 0. The smallest absolute Gasteiger partial charge is 0.145 e. The van der Waals surface area contributed by atoms with Crippen molar-refractivity contribution in [2.24, 2.45) is 0 Å². The van der Waals surface area contributed by atoms with E-state index in [2.05, 4.69) is 0 Å². The number of alkyl halides is 1. The third-order valence-corrected chi connectivity index (χ3v) is 0. The summed E-state index contributed by atoms with van der Waals surface area (Å²) in [6.45, 7) is 1.50. The summed E-state index contributed by atoms with van der Waals surface area (Å²) in [6, 6.07) is 0. The Morgan fingerprint density at radius 1 is 2.00 bits per heavy atom. The fourth-order valence-electron chi connectivity index (χ4n) is 0. The first-order valence-corrected chi connectivity index (χ1v) is 1.37. The molecule has 0 aliphatic rings. The molecule has 1 unspecified atom stereocenters. The minimum atomic E-state index is -0.667. The minimum absolute atomic E-state index is 0.667. The Balaban J connectivity index is 2.32. The van der Waals surface area contributed by atoms with Crippen molar-refractivity contribution in [3.05, 3.63) is 0 Å². The monoisotopic (exact) mass is 60.1 g/mol. The second-order valence-corrected chi connectivity index (χ2v) is 1.01. The average molecular weight is 59.9 g/mol. The Kier molecular flexibility index (Phi) is 1.33. The van der Waals surface area contributed by atoms with E-state index in [1.165, 1.54) is 14.8 Å². The van der Waals surface area contributed by atoms with Crippen molar-refractivity contribution in [2.75, 3.05) is 0 Å². The van der Waals surface area contributed by atoms with E-state index in [9.17, 15) is 4.39 Å². The van der Waals surface area contributed by atoms with Crippen LogP contribution in [0.4, 0.5) is 4.39 Å².